The van der Waals surface area contributed by atoms with Gasteiger partial charge in [-0.05, 0) is 57.3 Å². The second kappa shape index (κ2) is 7.51. The molecule has 0 unspecified atom stereocenters. The number of hydrogen-bond acceptors (Lipinski definition) is 5. The van der Waals surface area contributed by atoms with E-state index >= 15 is 0 Å². The first-order valence-corrected chi connectivity index (χ1v) is 9.61. The third kappa shape index (κ3) is 3.94. The molecular weight excluding hydrogens is 617 g/mol. The van der Waals surface area contributed by atoms with Crippen molar-refractivity contribution in [2.75, 3.05) is 0 Å². The highest BCUT2D eigenvalue weighted by Gasteiger charge is 2.31. The van der Waals surface area contributed by atoms with Crippen molar-refractivity contribution in [3.63, 3.8) is 0 Å². The van der Waals surface area contributed by atoms with Crippen molar-refractivity contribution in [2.45, 2.75) is 4.90 Å². The van der Waals surface area contributed by atoms with Crippen molar-refractivity contribution in [1.82, 2.24) is 0 Å². The number of halogens is 7. The van der Waals surface area contributed by atoms with E-state index in [4.69, 9.17) is 0 Å². The van der Waals surface area contributed by atoms with Crippen LogP contribution in [0.5, 0.6) is 5.75 Å². The molecule has 0 amide bonds. The van der Waals surface area contributed by atoms with E-state index in [-0.39, 0.29) is 7.14 Å². The Balaban J connectivity index is 2.50. The van der Waals surface area contributed by atoms with Gasteiger partial charge in [-0.15, -0.1) is 0 Å². The second-order valence-corrected chi connectivity index (χ2v) is 8.15. The molecule has 0 aliphatic carbocycles. The van der Waals surface area contributed by atoms with E-state index in [2.05, 4.69) is 4.74 Å². The number of esters is 1. The molecule has 0 atom stereocenters. The van der Waals surface area contributed by atoms with Crippen molar-refractivity contribution in [3.05, 3.63) is 53.9 Å². The molecule has 2 aromatic carbocycles. The van der Waals surface area contributed by atoms with Gasteiger partial charge < -0.3 is 9.29 Å². The number of rotatable bonds is 3. The van der Waals surface area contributed by atoms with Crippen LogP contribution in [0.2, 0.25) is 0 Å². The van der Waals surface area contributed by atoms with Crippen LogP contribution in [0.3, 0.4) is 0 Å². The zero-order chi connectivity index (χ0) is 20.0. The van der Waals surface area contributed by atoms with Crippen molar-refractivity contribution in [2.24, 2.45) is 0 Å². The number of benzene rings is 2. The maximum absolute atomic E-state index is 13.6. The zero-order valence-corrected chi connectivity index (χ0v) is 16.9. The van der Waals surface area contributed by atoms with E-state index in [9.17, 15) is 39.7 Å². The summed E-state index contributed by atoms with van der Waals surface area (Å²) in [4.78, 5) is 11.2. The van der Waals surface area contributed by atoms with Gasteiger partial charge in [0.2, 0.25) is 5.82 Å². The quantitative estimate of drug-likeness (QED) is 0.0997. The van der Waals surface area contributed by atoms with Gasteiger partial charge in [-0.2, -0.15) is 0 Å². The van der Waals surface area contributed by atoms with Crippen LogP contribution in [0.4, 0.5) is 22.0 Å². The van der Waals surface area contributed by atoms with Crippen LogP contribution in [0.25, 0.3) is 0 Å². The monoisotopic (exact) mass is 619 g/mol. The van der Waals surface area contributed by atoms with Gasteiger partial charge in [0.25, 0.3) is 0 Å². The molecule has 26 heavy (non-hydrogen) atoms. The van der Waals surface area contributed by atoms with E-state index in [1.54, 1.807) is 0 Å². The summed E-state index contributed by atoms with van der Waals surface area (Å²) in [6, 6.07) is 1.74. The Bertz CT molecular complexity index is 990. The minimum atomic E-state index is -4.86. The highest BCUT2D eigenvalue weighted by atomic mass is 127. The first-order valence-electron chi connectivity index (χ1n) is 6.04. The first kappa shape index (κ1) is 21.2. The predicted octanol–water partition coefficient (Wildman–Crippen LogP) is 3.71. The lowest BCUT2D eigenvalue weighted by atomic mass is 10.1. The fourth-order valence-electron chi connectivity index (χ4n) is 1.78. The summed E-state index contributed by atoms with van der Waals surface area (Å²) in [5.74, 6) is -14.2. The number of ether oxygens (including phenoxy) is 1. The lowest BCUT2D eigenvalue weighted by Gasteiger charge is -2.14. The smallest absolute Gasteiger partial charge is 0.349 e. The Labute approximate surface area is 169 Å². The molecule has 0 aliphatic rings. The minimum Gasteiger partial charge on any atom is -0.744 e. The Morgan fingerprint density at radius 2 is 1.27 bits per heavy atom. The van der Waals surface area contributed by atoms with Gasteiger partial charge in [0, 0.05) is 7.14 Å². The highest BCUT2D eigenvalue weighted by molar-refractivity contribution is 14.1. The molecule has 0 N–H and O–H groups in total. The predicted molar refractivity (Wildman–Crippen MR) is 91.0 cm³/mol. The van der Waals surface area contributed by atoms with Crippen LogP contribution in [0.1, 0.15) is 10.4 Å². The van der Waals surface area contributed by atoms with E-state index in [0.717, 1.165) is 12.1 Å². The Hall–Kier alpha value is -1.07. The molecule has 0 bridgehead atoms. The van der Waals surface area contributed by atoms with Gasteiger partial charge in [-0.1, -0.05) is 0 Å². The largest absolute Gasteiger partial charge is 0.744 e. The molecule has 0 aliphatic heterocycles. The average molecular weight is 619 g/mol. The maximum atomic E-state index is 13.6. The summed E-state index contributed by atoms with van der Waals surface area (Å²) in [6.07, 6.45) is 0. The number of carbonyl (C=O) groups excluding carboxylic acids is 1. The zero-order valence-electron chi connectivity index (χ0n) is 11.7. The van der Waals surface area contributed by atoms with Gasteiger partial charge in [0.15, 0.2) is 23.3 Å². The topological polar surface area (TPSA) is 83.5 Å². The standard InChI is InChI=1S/C13H3F5I2O5S/c14-7-6(8(15)10(17)11(18)9(7)16)13(21)25-3-1-4(19)12(5(20)2-3)26(22,23)24/h1-2H,(H,22,23,24)/p-1. The van der Waals surface area contributed by atoms with Crippen molar-refractivity contribution < 1.29 is 44.5 Å². The van der Waals surface area contributed by atoms with Crippen LogP contribution in [0, 0.1) is 36.2 Å². The summed E-state index contributed by atoms with van der Waals surface area (Å²) in [5.41, 5.74) is -1.81. The third-order valence-corrected chi connectivity index (χ3v) is 6.22. The molecule has 0 radical (unpaired) electrons. The molecule has 0 heterocycles. The summed E-state index contributed by atoms with van der Waals surface area (Å²) in [6.45, 7) is 0. The van der Waals surface area contributed by atoms with Crippen molar-refractivity contribution in [1.29, 1.82) is 0 Å². The van der Waals surface area contributed by atoms with E-state index in [1.807, 2.05) is 0 Å². The first-order chi connectivity index (χ1) is 11.9. The van der Waals surface area contributed by atoms with Gasteiger partial charge in [0.05, 0.1) is 4.90 Å². The van der Waals surface area contributed by atoms with Gasteiger partial charge in [-0.3, -0.25) is 0 Å². The fraction of sp³-hybridized carbons (Fsp3) is 0. The van der Waals surface area contributed by atoms with Gasteiger partial charge in [0.1, 0.15) is 21.4 Å². The Morgan fingerprint density at radius 1 is 0.885 bits per heavy atom. The van der Waals surface area contributed by atoms with Crippen LogP contribution in [-0.2, 0) is 10.1 Å². The Morgan fingerprint density at radius 3 is 1.65 bits per heavy atom. The van der Waals surface area contributed by atoms with E-state index in [1.165, 1.54) is 45.2 Å². The highest BCUT2D eigenvalue weighted by Crippen LogP contribution is 2.30. The van der Waals surface area contributed by atoms with Crippen LogP contribution >= 0.6 is 45.2 Å². The summed E-state index contributed by atoms with van der Waals surface area (Å²) in [7, 11) is -4.86. The maximum Gasteiger partial charge on any atom is 0.349 e. The van der Waals surface area contributed by atoms with Crippen LogP contribution in [-0.4, -0.2) is 18.9 Å². The third-order valence-electron chi connectivity index (χ3n) is 2.85. The number of carbonyl (C=O) groups is 1. The van der Waals surface area contributed by atoms with E-state index < -0.39 is 61.4 Å². The fourth-order valence-corrected chi connectivity index (χ4v) is 5.70. The average Bonchev–Trinajstić information content (AvgIpc) is 2.49. The van der Waals surface area contributed by atoms with Crippen molar-refractivity contribution in [3.8, 4) is 5.75 Å². The molecule has 0 saturated heterocycles. The number of hydrogen-bond donors (Lipinski definition) is 0. The summed E-state index contributed by atoms with van der Waals surface area (Å²) < 4.78 is 104. The molecule has 5 nitrogen and oxygen atoms in total. The molecule has 0 fully saturated rings. The van der Waals surface area contributed by atoms with E-state index in [0.29, 0.717) is 0 Å². The molecule has 0 aromatic heterocycles. The van der Waals surface area contributed by atoms with Crippen molar-refractivity contribution >= 4 is 61.3 Å². The van der Waals surface area contributed by atoms with Crippen LogP contribution < -0.4 is 4.74 Å². The summed E-state index contributed by atoms with van der Waals surface area (Å²) in [5, 5.41) is 0. The molecule has 2 rings (SSSR count). The SMILES string of the molecule is O=C(Oc1cc(I)c(S(=O)(=O)[O-])c(I)c1)c1c(F)c(F)c(F)c(F)c1F. The lowest BCUT2D eigenvalue weighted by Crippen LogP contribution is -2.17. The summed E-state index contributed by atoms with van der Waals surface area (Å²) >= 11 is 2.87. The lowest BCUT2D eigenvalue weighted by molar-refractivity contribution is 0.0720. The molecule has 0 spiro atoms. The molecule has 13 heteroatoms. The van der Waals surface area contributed by atoms with Gasteiger partial charge >= 0.3 is 5.97 Å². The van der Waals surface area contributed by atoms with Gasteiger partial charge in [-0.25, -0.2) is 35.2 Å². The molecular formula is C13H2F5I2O5S-. The Kier molecular flexibility index (Phi) is 6.13. The normalized spacial score (nSPS) is 11.5. The second-order valence-electron chi connectivity index (χ2n) is 4.50. The van der Waals surface area contributed by atoms with Crippen LogP contribution in [0.15, 0.2) is 17.0 Å². The molecule has 140 valence electrons. The molecule has 2 aromatic rings. The minimum absolute atomic E-state index is 0.176. The molecule has 0 saturated carbocycles.